The number of aromatic nitrogens is 1. The molecule has 0 amide bonds. The Balaban J connectivity index is 2.99. The topological polar surface area (TPSA) is 57.4 Å². The summed E-state index contributed by atoms with van der Waals surface area (Å²) in [6, 6.07) is 3.54. The second kappa shape index (κ2) is 3.10. The van der Waals surface area contributed by atoms with E-state index in [-0.39, 0.29) is 16.6 Å². The number of hydrogen-bond donors (Lipinski definition) is 2. The van der Waals surface area contributed by atoms with Crippen molar-refractivity contribution in [3.8, 4) is 5.75 Å². The summed E-state index contributed by atoms with van der Waals surface area (Å²) in [6.45, 7) is 6.71. The molecule has 0 aliphatic carbocycles. The number of H-pyrrole nitrogens is 1. The molecule has 0 fully saturated rings. The average molecular weight is 204 g/mol. The summed E-state index contributed by atoms with van der Waals surface area (Å²) in [6.07, 6.45) is 0. The van der Waals surface area contributed by atoms with Crippen LogP contribution in [0.4, 0.5) is 10.1 Å². The number of benzene rings is 1. The lowest BCUT2D eigenvalue weighted by atomic mass is 10.2. The van der Waals surface area contributed by atoms with E-state index in [2.05, 4.69) is 9.83 Å². The number of fused-ring (bicyclic) bond motifs is 1. The smallest absolute Gasteiger partial charge is 0.291 e. The highest BCUT2D eigenvalue weighted by Gasteiger charge is 2.11. The highest BCUT2D eigenvalue weighted by atomic mass is 19.1. The third-order valence-corrected chi connectivity index (χ3v) is 2.04. The normalized spacial score (nSPS) is 10.1. The van der Waals surface area contributed by atoms with Crippen LogP contribution in [0.2, 0.25) is 0 Å². The minimum absolute atomic E-state index is 0.171. The maximum Gasteiger partial charge on any atom is 0.291 e. The number of rotatable bonds is 0. The largest absolute Gasteiger partial charge is 0.518 e. The maximum atomic E-state index is 12.8. The molecule has 0 saturated heterocycles. The van der Waals surface area contributed by atoms with Crippen LogP contribution in [0, 0.1) is 12.4 Å². The number of pyridine rings is 1. The van der Waals surface area contributed by atoms with Crippen LogP contribution in [0.15, 0.2) is 23.0 Å². The Kier molecular flexibility index (Phi) is 1.90. The molecule has 0 atom stereocenters. The second-order valence-corrected chi connectivity index (χ2v) is 2.95. The lowest BCUT2D eigenvalue weighted by Crippen LogP contribution is -2.04. The quantitative estimate of drug-likeness (QED) is 0.644. The zero-order valence-corrected chi connectivity index (χ0v) is 7.41. The van der Waals surface area contributed by atoms with Crippen LogP contribution < -0.4 is 5.56 Å². The minimum Gasteiger partial charge on any atom is -0.518 e. The van der Waals surface area contributed by atoms with Crippen LogP contribution in [0.1, 0.15) is 0 Å². The third-order valence-electron chi connectivity index (χ3n) is 2.04. The molecule has 2 N–H and O–H groups in total. The maximum absolute atomic E-state index is 12.8. The summed E-state index contributed by atoms with van der Waals surface area (Å²) in [5.41, 5.74) is -0.931. The molecule has 0 bridgehead atoms. The first kappa shape index (κ1) is 9.21. The van der Waals surface area contributed by atoms with E-state index in [9.17, 15) is 14.3 Å². The first-order valence-corrected chi connectivity index (χ1v) is 4.05. The van der Waals surface area contributed by atoms with Crippen molar-refractivity contribution in [3.05, 3.63) is 45.8 Å². The number of nitrogens with one attached hydrogen (secondary N) is 1. The van der Waals surface area contributed by atoms with E-state index in [0.717, 1.165) is 12.1 Å². The van der Waals surface area contributed by atoms with Crippen LogP contribution >= 0.6 is 0 Å². The van der Waals surface area contributed by atoms with Gasteiger partial charge in [0.2, 0.25) is 0 Å². The number of hydrogen-bond acceptors (Lipinski definition) is 2. The van der Waals surface area contributed by atoms with Crippen molar-refractivity contribution >= 4 is 16.6 Å². The van der Waals surface area contributed by atoms with Gasteiger partial charge in [0.1, 0.15) is 11.6 Å². The molecule has 74 valence electrons. The summed E-state index contributed by atoms with van der Waals surface area (Å²) in [7, 11) is 0. The number of aromatic hydroxyl groups is 1. The minimum atomic E-state index is -0.722. The molecule has 0 aliphatic rings. The fourth-order valence-corrected chi connectivity index (χ4v) is 1.35. The van der Waals surface area contributed by atoms with Gasteiger partial charge in [-0.05, 0) is 18.2 Å². The highest BCUT2D eigenvalue weighted by Crippen LogP contribution is 2.30. The molecule has 0 radical (unpaired) electrons. The highest BCUT2D eigenvalue weighted by molar-refractivity contribution is 5.89. The van der Waals surface area contributed by atoms with E-state index in [1.54, 1.807) is 0 Å². The van der Waals surface area contributed by atoms with E-state index in [4.69, 9.17) is 6.57 Å². The van der Waals surface area contributed by atoms with Crippen LogP contribution in [0.3, 0.4) is 0 Å². The van der Waals surface area contributed by atoms with E-state index in [1.165, 1.54) is 6.07 Å². The van der Waals surface area contributed by atoms with Crippen LogP contribution in [0.25, 0.3) is 15.7 Å². The lowest BCUT2D eigenvalue weighted by Gasteiger charge is -2.02. The molecule has 0 spiro atoms. The zero-order chi connectivity index (χ0) is 11.0. The van der Waals surface area contributed by atoms with Crippen molar-refractivity contribution in [2.45, 2.75) is 0 Å². The number of aromatic amines is 1. The van der Waals surface area contributed by atoms with Gasteiger partial charge in [-0.1, -0.05) is 0 Å². The number of halogens is 1. The SMILES string of the molecule is [C-]#[N+]c1c(O)c2ccc(F)cc2[nH]c1=O. The van der Waals surface area contributed by atoms with Gasteiger partial charge in [-0.15, -0.1) is 0 Å². The lowest BCUT2D eigenvalue weighted by molar-refractivity contribution is 0.483. The Labute approximate surface area is 83.4 Å². The van der Waals surface area contributed by atoms with Crippen LogP contribution in [-0.2, 0) is 0 Å². The Morgan fingerprint density at radius 1 is 1.47 bits per heavy atom. The van der Waals surface area contributed by atoms with Gasteiger partial charge in [0.05, 0.1) is 12.1 Å². The number of nitrogens with zero attached hydrogens (tertiary/aromatic N) is 1. The molecule has 1 aromatic heterocycles. The molecular weight excluding hydrogens is 199 g/mol. The van der Waals surface area contributed by atoms with Crippen molar-refractivity contribution in [2.24, 2.45) is 0 Å². The molecule has 2 rings (SSSR count). The van der Waals surface area contributed by atoms with Gasteiger partial charge in [-0.2, -0.15) is 0 Å². The Bertz CT molecular complexity index is 640. The van der Waals surface area contributed by atoms with Crippen molar-refractivity contribution in [3.63, 3.8) is 0 Å². The molecule has 1 aromatic carbocycles. The molecule has 1 heterocycles. The summed E-state index contributed by atoms with van der Waals surface area (Å²) in [4.78, 5) is 16.5. The summed E-state index contributed by atoms with van der Waals surface area (Å²) in [5.74, 6) is -0.933. The first-order chi connectivity index (χ1) is 7.13. The van der Waals surface area contributed by atoms with Crippen molar-refractivity contribution in [1.82, 2.24) is 4.98 Å². The van der Waals surface area contributed by atoms with Gasteiger partial charge in [-0.3, -0.25) is 4.79 Å². The van der Waals surface area contributed by atoms with Gasteiger partial charge < -0.3 is 10.1 Å². The fourth-order valence-electron chi connectivity index (χ4n) is 1.35. The van der Waals surface area contributed by atoms with Crippen LogP contribution in [0.5, 0.6) is 5.75 Å². The Morgan fingerprint density at radius 3 is 2.87 bits per heavy atom. The third kappa shape index (κ3) is 1.32. The monoisotopic (exact) mass is 204 g/mol. The van der Waals surface area contributed by atoms with Crippen molar-refractivity contribution in [1.29, 1.82) is 0 Å². The van der Waals surface area contributed by atoms with Gasteiger partial charge in [0, 0.05) is 5.39 Å². The van der Waals surface area contributed by atoms with Gasteiger partial charge in [0.15, 0.2) is 0 Å². The van der Waals surface area contributed by atoms with E-state index in [1.807, 2.05) is 0 Å². The molecule has 0 aliphatic heterocycles. The summed E-state index contributed by atoms with van der Waals surface area (Å²) >= 11 is 0. The van der Waals surface area contributed by atoms with Crippen LogP contribution in [-0.4, -0.2) is 10.1 Å². The standard InChI is InChI=1S/C10H5FN2O2/c1-12-8-9(14)6-3-2-5(11)4-7(6)13-10(8)15/h2-4H,(H2,13,14,15). The fraction of sp³-hybridized carbons (Fsp3) is 0. The zero-order valence-electron chi connectivity index (χ0n) is 7.41. The molecule has 0 saturated carbocycles. The van der Waals surface area contributed by atoms with E-state index in [0.29, 0.717) is 0 Å². The Hall–Kier alpha value is -2.35. The predicted octanol–water partition coefficient (Wildman–Crippen LogP) is 1.92. The van der Waals surface area contributed by atoms with E-state index >= 15 is 0 Å². The molecule has 2 aromatic rings. The molecule has 15 heavy (non-hydrogen) atoms. The first-order valence-electron chi connectivity index (χ1n) is 4.05. The molecular formula is C10H5FN2O2. The summed E-state index contributed by atoms with van der Waals surface area (Å²) < 4.78 is 12.8. The van der Waals surface area contributed by atoms with Gasteiger partial charge in [0.25, 0.3) is 11.2 Å². The molecule has 0 unspecified atom stereocenters. The average Bonchev–Trinajstić information content (AvgIpc) is 2.17. The molecule has 4 nitrogen and oxygen atoms in total. The predicted molar refractivity (Wildman–Crippen MR) is 52.5 cm³/mol. The second-order valence-electron chi connectivity index (χ2n) is 2.95. The Morgan fingerprint density at radius 2 is 2.20 bits per heavy atom. The van der Waals surface area contributed by atoms with E-state index < -0.39 is 17.1 Å². The van der Waals surface area contributed by atoms with Gasteiger partial charge >= 0.3 is 0 Å². The van der Waals surface area contributed by atoms with Crippen molar-refractivity contribution in [2.75, 3.05) is 0 Å². The van der Waals surface area contributed by atoms with Crippen molar-refractivity contribution < 1.29 is 9.50 Å². The molecule has 5 heteroatoms. The summed E-state index contributed by atoms with van der Waals surface area (Å²) in [5, 5.41) is 9.82. The van der Waals surface area contributed by atoms with Gasteiger partial charge in [-0.25, -0.2) is 9.24 Å².